The van der Waals surface area contributed by atoms with Gasteiger partial charge in [-0.2, -0.15) is 0 Å². The molecule has 1 amide bonds. The van der Waals surface area contributed by atoms with Crippen LogP contribution in [0.4, 0.5) is 0 Å². The van der Waals surface area contributed by atoms with Gasteiger partial charge in [-0.3, -0.25) is 4.79 Å². The van der Waals surface area contributed by atoms with E-state index in [1.54, 1.807) is 7.11 Å². The van der Waals surface area contributed by atoms with Gasteiger partial charge in [-0.05, 0) is 20.3 Å². The SMILES string of the molecule is CCCC(NC(=O)CC(C)(C)OC)C(N)=S. The number of nitrogens with two attached hydrogens (primary N) is 1. The van der Waals surface area contributed by atoms with Crippen LogP contribution >= 0.6 is 12.2 Å². The zero-order valence-electron chi connectivity index (χ0n) is 10.5. The van der Waals surface area contributed by atoms with E-state index in [0.29, 0.717) is 11.4 Å². The Morgan fingerprint density at radius 3 is 2.50 bits per heavy atom. The Hall–Kier alpha value is -0.680. The maximum atomic E-state index is 11.7. The Bertz CT molecular complexity index is 254. The van der Waals surface area contributed by atoms with Crippen LogP contribution in [0.3, 0.4) is 0 Å². The molecule has 0 rings (SSSR count). The van der Waals surface area contributed by atoms with Crippen molar-refractivity contribution in [2.24, 2.45) is 5.73 Å². The largest absolute Gasteiger partial charge is 0.392 e. The van der Waals surface area contributed by atoms with Crippen LogP contribution in [0.15, 0.2) is 0 Å². The second-order valence-electron chi connectivity index (χ2n) is 4.45. The average molecular weight is 246 g/mol. The summed E-state index contributed by atoms with van der Waals surface area (Å²) in [7, 11) is 1.59. The third-order valence-corrected chi connectivity index (χ3v) is 2.68. The van der Waals surface area contributed by atoms with Gasteiger partial charge in [0.05, 0.1) is 23.1 Å². The van der Waals surface area contributed by atoms with Crippen molar-refractivity contribution in [3.05, 3.63) is 0 Å². The van der Waals surface area contributed by atoms with E-state index in [2.05, 4.69) is 5.32 Å². The molecule has 0 heterocycles. The monoisotopic (exact) mass is 246 g/mol. The minimum absolute atomic E-state index is 0.0851. The summed E-state index contributed by atoms with van der Waals surface area (Å²) in [5.74, 6) is -0.0851. The first-order chi connectivity index (χ1) is 7.32. The van der Waals surface area contributed by atoms with Gasteiger partial charge in [0.15, 0.2) is 0 Å². The lowest BCUT2D eigenvalue weighted by Crippen LogP contribution is -2.45. The van der Waals surface area contributed by atoms with E-state index in [4.69, 9.17) is 22.7 Å². The summed E-state index contributed by atoms with van der Waals surface area (Å²) in [6.45, 7) is 5.75. The van der Waals surface area contributed by atoms with Crippen molar-refractivity contribution in [1.82, 2.24) is 5.32 Å². The maximum Gasteiger partial charge on any atom is 0.223 e. The molecule has 0 aromatic rings. The molecule has 3 N–H and O–H groups in total. The first-order valence-electron chi connectivity index (χ1n) is 5.46. The highest BCUT2D eigenvalue weighted by atomic mass is 32.1. The topological polar surface area (TPSA) is 64.3 Å². The lowest BCUT2D eigenvalue weighted by atomic mass is 10.0. The molecule has 0 bridgehead atoms. The van der Waals surface area contributed by atoms with Gasteiger partial charge in [-0.15, -0.1) is 0 Å². The van der Waals surface area contributed by atoms with Crippen molar-refractivity contribution >= 4 is 23.1 Å². The summed E-state index contributed by atoms with van der Waals surface area (Å²) in [6, 6.07) is -0.208. The molecule has 4 nitrogen and oxygen atoms in total. The van der Waals surface area contributed by atoms with Crippen molar-refractivity contribution in [1.29, 1.82) is 0 Å². The third kappa shape index (κ3) is 6.02. The van der Waals surface area contributed by atoms with Crippen LogP contribution in [0, 0.1) is 0 Å². The molecule has 0 saturated heterocycles. The summed E-state index contributed by atoms with van der Waals surface area (Å²) in [4.78, 5) is 12.0. The zero-order valence-corrected chi connectivity index (χ0v) is 11.3. The van der Waals surface area contributed by atoms with Crippen LogP contribution in [0.5, 0.6) is 0 Å². The highest BCUT2D eigenvalue weighted by Crippen LogP contribution is 2.12. The number of carbonyl (C=O) groups excluding carboxylic acids is 1. The van der Waals surface area contributed by atoms with Gasteiger partial charge in [0, 0.05) is 7.11 Å². The number of thiocarbonyl (C=S) groups is 1. The van der Waals surface area contributed by atoms with E-state index in [1.807, 2.05) is 20.8 Å². The lowest BCUT2D eigenvalue weighted by molar-refractivity contribution is -0.126. The Kier molecular flexibility index (Phi) is 6.52. The summed E-state index contributed by atoms with van der Waals surface area (Å²) in [5.41, 5.74) is 5.09. The van der Waals surface area contributed by atoms with Crippen LogP contribution in [0.25, 0.3) is 0 Å². The van der Waals surface area contributed by atoms with Gasteiger partial charge in [0.2, 0.25) is 5.91 Å². The fraction of sp³-hybridized carbons (Fsp3) is 0.818. The van der Waals surface area contributed by atoms with Crippen molar-refractivity contribution in [3.63, 3.8) is 0 Å². The molecule has 1 atom stereocenters. The van der Waals surface area contributed by atoms with Crippen LogP contribution in [0.1, 0.15) is 40.0 Å². The third-order valence-electron chi connectivity index (χ3n) is 2.39. The van der Waals surface area contributed by atoms with Gasteiger partial charge < -0.3 is 15.8 Å². The van der Waals surface area contributed by atoms with E-state index in [1.165, 1.54) is 0 Å². The second-order valence-corrected chi connectivity index (χ2v) is 4.92. The van der Waals surface area contributed by atoms with Crippen LogP contribution < -0.4 is 11.1 Å². The summed E-state index contributed by atoms with van der Waals surface area (Å²) in [5, 5.41) is 2.82. The minimum atomic E-state index is -0.461. The van der Waals surface area contributed by atoms with Crippen molar-refractivity contribution in [3.8, 4) is 0 Å². The standard InChI is InChI=1S/C11H22N2O2S/c1-5-6-8(10(12)16)13-9(14)7-11(2,3)15-4/h8H,5-7H2,1-4H3,(H2,12,16)(H,13,14). The highest BCUT2D eigenvalue weighted by Gasteiger charge is 2.23. The molecule has 0 radical (unpaired) electrons. The van der Waals surface area contributed by atoms with Gasteiger partial charge in [0.25, 0.3) is 0 Å². The zero-order chi connectivity index (χ0) is 12.8. The van der Waals surface area contributed by atoms with E-state index >= 15 is 0 Å². The van der Waals surface area contributed by atoms with E-state index in [9.17, 15) is 4.79 Å². The number of nitrogens with one attached hydrogen (secondary N) is 1. The fourth-order valence-electron chi connectivity index (χ4n) is 1.28. The Morgan fingerprint density at radius 2 is 2.12 bits per heavy atom. The number of amides is 1. The number of hydrogen-bond donors (Lipinski definition) is 2. The number of ether oxygens (including phenoxy) is 1. The van der Waals surface area contributed by atoms with Crippen molar-refractivity contribution < 1.29 is 9.53 Å². The van der Waals surface area contributed by atoms with Gasteiger partial charge in [-0.25, -0.2) is 0 Å². The Labute approximate surface area is 103 Å². The molecule has 0 aromatic heterocycles. The summed E-state index contributed by atoms with van der Waals surface area (Å²) >= 11 is 4.90. The molecule has 0 fully saturated rings. The molecule has 0 aliphatic heterocycles. The number of rotatable bonds is 7. The average Bonchev–Trinajstić information content (AvgIpc) is 2.16. The van der Waals surface area contributed by atoms with Gasteiger partial charge >= 0.3 is 0 Å². The molecule has 1 unspecified atom stereocenters. The maximum absolute atomic E-state index is 11.7. The van der Waals surface area contributed by atoms with Crippen LogP contribution in [-0.2, 0) is 9.53 Å². The van der Waals surface area contributed by atoms with E-state index < -0.39 is 5.60 Å². The molecule has 0 aliphatic rings. The van der Waals surface area contributed by atoms with E-state index in [0.717, 1.165) is 12.8 Å². The molecular formula is C11H22N2O2S. The van der Waals surface area contributed by atoms with Gasteiger partial charge in [-0.1, -0.05) is 25.6 Å². The minimum Gasteiger partial charge on any atom is -0.392 e. The van der Waals surface area contributed by atoms with Crippen LogP contribution in [-0.4, -0.2) is 29.6 Å². The predicted molar refractivity (Wildman–Crippen MR) is 69.3 cm³/mol. The molecular weight excluding hydrogens is 224 g/mol. The molecule has 0 spiro atoms. The van der Waals surface area contributed by atoms with E-state index in [-0.39, 0.29) is 11.9 Å². The van der Waals surface area contributed by atoms with Crippen LogP contribution in [0.2, 0.25) is 0 Å². The first-order valence-corrected chi connectivity index (χ1v) is 5.87. The molecule has 0 saturated carbocycles. The molecule has 0 aromatic carbocycles. The number of carbonyl (C=O) groups is 1. The smallest absolute Gasteiger partial charge is 0.223 e. The molecule has 94 valence electrons. The number of methoxy groups -OCH3 is 1. The number of hydrogen-bond acceptors (Lipinski definition) is 3. The quantitative estimate of drug-likeness (QED) is 0.666. The Balaban J connectivity index is 4.25. The normalized spacial score (nSPS) is 13.2. The molecule has 16 heavy (non-hydrogen) atoms. The van der Waals surface area contributed by atoms with Crippen molar-refractivity contribution in [2.75, 3.05) is 7.11 Å². The predicted octanol–water partition coefficient (Wildman–Crippen LogP) is 1.37. The summed E-state index contributed by atoms with van der Waals surface area (Å²) in [6.07, 6.45) is 2.00. The highest BCUT2D eigenvalue weighted by molar-refractivity contribution is 7.80. The molecule has 5 heteroatoms. The van der Waals surface area contributed by atoms with Gasteiger partial charge in [0.1, 0.15) is 0 Å². The summed E-state index contributed by atoms with van der Waals surface area (Å²) < 4.78 is 5.19. The molecule has 0 aliphatic carbocycles. The Morgan fingerprint density at radius 1 is 1.56 bits per heavy atom. The fourth-order valence-corrected chi connectivity index (χ4v) is 1.46. The van der Waals surface area contributed by atoms with Crippen molar-refractivity contribution in [2.45, 2.75) is 51.7 Å². The second kappa shape index (κ2) is 6.81. The lowest BCUT2D eigenvalue weighted by Gasteiger charge is -2.24. The first kappa shape index (κ1) is 15.3.